The van der Waals surface area contributed by atoms with Crippen molar-refractivity contribution in [3.8, 4) is 0 Å². The van der Waals surface area contributed by atoms with Crippen LogP contribution in [0.3, 0.4) is 0 Å². The van der Waals surface area contributed by atoms with E-state index < -0.39 is 0 Å². The molecule has 1 aliphatic carbocycles. The Kier molecular flexibility index (Phi) is 3.34. The molecule has 2 aliphatic rings. The van der Waals surface area contributed by atoms with Crippen molar-refractivity contribution >= 4 is 23.2 Å². The van der Waals surface area contributed by atoms with Gasteiger partial charge in [0.25, 0.3) is 0 Å². The quantitative estimate of drug-likeness (QED) is 0.810. The molecule has 0 aromatic heterocycles. The zero-order chi connectivity index (χ0) is 11.8. The lowest BCUT2D eigenvalue weighted by atomic mass is 9.71. The molecule has 3 heteroatoms. The molecule has 17 heavy (non-hydrogen) atoms. The molecule has 2 fully saturated rings. The molecule has 1 aromatic rings. The van der Waals surface area contributed by atoms with Crippen LogP contribution in [-0.2, 0) is 0 Å². The van der Waals surface area contributed by atoms with Crippen molar-refractivity contribution < 1.29 is 0 Å². The van der Waals surface area contributed by atoms with E-state index in [9.17, 15) is 0 Å². The van der Waals surface area contributed by atoms with Crippen molar-refractivity contribution in [3.05, 3.63) is 33.8 Å². The predicted octanol–water partition coefficient (Wildman–Crippen LogP) is 4.10. The summed E-state index contributed by atoms with van der Waals surface area (Å²) in [7, 11) is 0. The highest BCUT2D eigenvalue weighted by Crippen LogP contribution is 2.43. The van der Waals surface area contributed by atoms with Gasteiger partial charge in [-0.15, -0.1) is 0 Å². The minimum Gasteiger partial charge on any atom is -0.316 e. The van der Waals surface area contributed by atoms with Crippen LogP contribution in [0.2, 0.25) is 10.0 Å². The van der Waals surface area contributed by atoms with Gasteiger partial charge in [0.15, 0.2) is 0 Å². The van der Waals surface area contributed by atoms with Crippen LogP contribution in [-0.4, -0.2) is 13.1 Å². The second-order valence-electron chi connectivity index (χ2n) is 5.29. The SMILES string of the molecule is Clc1ccc([C@H]2CCC[C@H]3CNC[C@H]32)cc1Cl. The van der Waals surface area contributed by atoms with Crippen LogP contribution in [0.5, 0.6) is 0 Å². The normalized spacial score (nSPS) is 32.5. The Morgan fingerprint density at radius 3 is 2.76 bits per heavy atom. The summed E-state index contributed by atoms with van der Waals surface area (Å²) in [4.78, 5) is 0. The van der Waals surface area contributed by atoms with Crippen molar-refractivity contribution in [1.82, 2.24) is 5.32 Å². The maximum absolute atomic E-state index is 6.13. The summed E-state index contributed by atoms with van der Waals surface area (Å²) in [5, 5.41) is 4.88. The van der Waals surface area contributed by atoms with E-state index in [0.29, 0.717) is 16.0 Å². The second kappa shape index (κ2) is 4.79. The predicted molar refractivity (Wildman–Crippen MR) is 72.9 cm³/mol. The molecule has 1 N–H and O–H groups in total. The summed E-state index contributed by atoms with van der Waals surface area (Å²) in [6.45, 7) is 2.36. The Labute approximate surface area is 112 Å². The number of benzene rings is 1. The minimum absolute atomic E-state index is 0.660. The van der Waals surface area contributed by atoms with E-state index >= 15 is 0 Å². The highest BCUT2D eigenvalue weighted by molar-refractivity contribution is 6.42. The summed E-state index contributed by atoms with van der Waals surface area (Å²) in [6.07, 6.45) is 4.02. The first-order valence-electron chi connectivity index (χ1n) is 6.41. The van der Waals surface area contributed by atoms with Crippen LogP contribution in [0.1, 0.15) is 30.7 Å². The molecule has 3 atom stereocenters. The molecule has 0 amide bonds. The molecule has 1 nitrogen and oxygen atoms in total. The fourth-order valence-electron chi connectivity index (χ4n) is 3.51. The second-order valence-corrected chi connectivity index (χ2v) is 6.11. The van der Waals surface area contributed by atoms with Crippen LogP contribution < -0.4 is 5.32 Å². The van der Waals surface area contributed by atoms with Gasteiger partial charge in [0, 0.05) is 0 Å². The van der Waals surface area contributed by atoms with E-state index in [0.717, 1.165) is 18.4 Å². The smallest absolute Gasteiger partial charge is 0.0595 e. The summed E-state index contributed by atoms with van der Waals surface area (Å²) < 4.78 is 0. The third-order valence-electron chi connectivity index (χ3n) is 4.37. The van der Waals surface area contributed by atoms with Crippen LogP contribution in [0.15, 0.2) is 18.2 Å². The largest absolute Gasteiger partial charge is 0.316 e. The summed E-state index contributed by atoms with van der Waals surface area (Å²) in [5.74, 6) is 2.32. The lowest BCUT2D eigenvalue weighted by Gasteiger charge is -2.33. The van der Waals surface area contributed by atoms with E-state index in [1.807, 2.05) is 6.07 Å². The van der Waals surface area contributed by atoms with E-state index in [-0.39, 0.29) is 0 Å². The average Bonchev–Trinajstić information content (AvgIpc) is 2.80. The van der Waals surface area contributed by atoms with Crippen LogP contribution in [0.4, 0.5) is 0 Å². The molecule has 1 aromatic carbocycles. The van der Waals surface area contributed by atoms with Gasteiger partial charge in [-0.2, -0.15) is 0 Å². The van der Waals surface area contributed by atoms with Crippen LogP contribution in [0.25, 0.3) is 0 Å². The van der Waals surface area contributed by atoms with Gasteiger partial charge in [0.05, 0.1) is 10.0 Å². The standard InChI is InChI=1S/C14H17Cl2N/c15-13-5-4-9(6-14(13)16)11-3-1-2-10-7-17-8-12(10)11/h4-6,10-12,17H,1-3,7-8H2/t10-,11+,12+/m0/s1. The first-order chi connectivity index (χ1) is 8.25. The van der Waals surface area contributed by atoms with Gasteiger partial charge in [-0.3, -0.25) is 0 Å². The maximum atomic E-state index is 6.13. The zero-order valence-corrected chi connectivity index (χ0v) is 11.3. The Hall–Kier alpha value is -0.240. The number of rotatable bonds is 1. The summed E-state index contributed by atoms with van der Waals surface area (Å²) in [6, 6.07) is 6.15. The van der Waals surface area contributed by atoms with Crippen LogP contribution >= 0.6 is 23.2 Å². The molecule has 1 saturated carbocycles. The molecule has 92 valence electrons. The zero-order valence-electron chi connectivity index (χ0n) is 9.76. The maximum Gasteiger partial charge on any atom is 0.0595 e. The van der Waals surface area contributed by atoms with Crippen LogP contribution in [0, 0.1) is 11.8 Å². The molecular formula is C14H17Cl2N. The molecule has 0 unspecified atom stereocenters. The fraction of sp³-hybridized carbons (Fsp3) is 0.571. The van der Waals surface area contributed by atoms with Crippen molar-refractivity contribution in [1.29, 1.82) is 0 Å². The molecular weight excluding hydrogens is 253 g/mol. The number of halogens is 2. The Bertz CT molecular complexity index is 419. The van der Waals surface area contributed by atoms with Gasteiger partial charge in [-0.05, 0) is 61.4 Å². The topological polar surface area (TPSA) is 12.0 Å². The van der Waals surface area contributed by atoms with E-state index in [4.69, 9.17) is 23.2 Å². The Morgan fingerprint density at radius 1 is 1.06 bits per heavy atom. The molecule has 0 spiro atoms. The number of hydrogen-bond acceptors (Lipinski definition) is 1. The Balaban J connectivity index is 1.89. The Morgan fingerprint density at radius 2 is 1.94 bits per heavy atom. The molecule has 0 radical (unpaired) electrons. The molecule has 1 aliphatic heterocycles. The molecule has 0 bridgehead atoms. The van der Waals surface area contributed by atoms with Gasteiger partial charge in [0.2, 0.25) is 0 Å². The molecule has 1 saturated heterocycles. The summed E-state index contributed by atoms with van der Waals surface area (Å²) in [5.41, 5.74) is 1.37. The van der Waals surface area contributed by atoms with Gasteiger partial charge in [0.1, 0.15) is 0 Å². The van der Waals surface area contributed by atoms with E-state index in [1.54, 1.807) is 0 Å². The summed E-state index contributed by atoms with van der Waals surface area (Å²) >= 11 is 12.1. The number of fused-ring (bicyclic) bond motifs is 1. The van der Waals surface area contributed by atoms with E-state index in [2.05, 4.69) is 17.4 Å². The first kappa shape index (κ1) is 11.8. The highest BCUT2D eigenvalue weighted by Gasteiger charge is 2.37. The lowest BCUT2D eigenvalue weighted by molar-refractivity contribution is 0.258. The van der Waals surface area contributed by atoms with Crippen molar-refractivity contribution in [2.75, 3.05) is 13.1 Å². The van der Waals surface area contributed by atoms with Crippen molar-refractivity contribution in [2.45, 2.75) is 25.2 Å². The van der Waals surface area contributed by atoms with Gasteiger partial charge in [-0.1, -0.05) is 35.7 Å². The average molecular weight is 270 g/mol. The van der Waals surface area contributed by atoms with Crippen molar-refractivity contribution in [3.63, 3.8) is 0 Å². The van der Waals surface area contributed by atoms with Gasteiger partial charge < -0.3 is 5.32 Å². The molecule has 3 rings (SSSR count). The fourth-order valence-corrected chi connectivity index (χ4v) is 3.82. The number of nitrogens with one attached hydrogen (secondary N) is 1. The number of hydrogen-bond donors (Lipinski definition) is 1. The van der Waals surface area contributed by atoms with E-state index in [1.165, 1.54) is 31.4 Å². The third kappa shape index (κ3) is 2.21. The monoisotopic (exact) mass is 269 g/mol. The van der Waals surface area contributed by atoms with Crippen molar-refractivity contribution in [2.24, 2.45) is 11.8 Å². The molecule has 1 heterocycles. The highest BCUT2D eigenvalue weighted by atomic mass is 35.5. The first-order valence-corrected chi connectivity index (χ1v) is 7.17. The van der Waals surface area contributed by atoms with Gasteiger partial charge >= 0.3 is 0 Å². The third-order valence-corrected chi connectivity index (χ3v) is 5.11. The minimum atomic E-state index is 0.660. The lowest BCUT2D eigenvalue weighted by Crippen LogP contribution is -2.25. The van der Waals surface area contributed by atoms with Gasteiger partial charge in [-0.25, -0.2) is 0 Å².